The van der Waals surface area contributed by atoms with Crippen LogP contribution in [0.25, 0.3) is 0 Å². The number of furan rings is 1. The molecular weight excluding hydrogens is 170 g/mol. The fraction of sp³-hybridized carbons (Fsp3) is 0.167. The summed E-state index contributed by atoms with van der Waals surface area (Å²) in [5.41, 5.74) is 4.71. The molecule has 0 aliphatic carbocycles. The second-order valence-electron chi connectivity index (χ2n) is 1.69. The zero-order valence-electron chi connectivity index (χ0n) is 5.65. The van der Waals surface area contributed by atoms with Gasteiger partial charge in [0.05, 0.1) is 6.26 Å². The maximum atomic E-state index is 10.1. The van der Waals surface area contributed by atoms with Gasteiger partial charge in [-0.2, -0.15) is 0 Å². The van der Waals surface area contributed by atoms with Gasteiger partial charge in [-0.25, -0.2) is 4.79 Å². The normalized spacial score (nSPS) is 8.36. The highest BCUT2D eigenvalue weighted by molar-refractivity contribution is 5.85. The summed E-state index contributed by atoms with van der Waals surface area (Å²) in [6, 6.07) is 3.41. The third-order valence-corrected chi connectivity index (χ3v) is 0.937. The molecule has 0 bridgehead atoms. The van der Waals surface area contributed by atoms with Crippen LogP contribution < -0.4 is 5.73 Å². The molecule has 2 N–H and O–H groups in total. The Balaban J connectivity index is 0.000001000. The molecule has 0 aliphatic rings. The lowest BCUT2D eigenvalue weighted by atomic mass is 10.5. The van der Waals surface area contributed by atoms with Gasteiger partial charge in [0.2, 0.25) is 0 Å². The predicted molar refractivity (Wildman–Crippen MR) is 40.3 cm³/mol. The molecular formula is C6H8ClNO3. The Hall–Kier alpha value is -1.16. The summed E-state index contributed by atoms with van der Waals surface area (Å²) in [6.07, 6.45) is 0.705. The summed E-state index contributed by atoms with van der Waals surface area (Å²) in [5.74, 6) is 0.582. The quantitative estimate of drug-likeness (QED) is 0.741. The highest BCUT2D eigenvalue weighted by atomic mass is 35.5. The van der Waals surface area contributed by atoms with Gasteiger partial charge in [-0.05, 0) is 12.1 Å². The van der Waals surface area contributed by atoms with Gasteiger partial charge in [-0.3, -0.25) is 0 Å². The number of carbonyl (C=O) groups is 1. The lowest BCUT2D eigenvalue weighted by molar-refractivity contribution is 0.141. The van der Waals surface area contributed by atoms with Crippen LogP contribution in [0.1, 0.15) is 5.76 Å². The molecule has 1 aromatic rings. The van der Waals surface area contributed by atoms with E-state index in [0.717, 1.165) is 0 Å². The van der Waals surface area contributed by atoms with Crippen molar-refractivity contribution >= 4 is 18.5 Å². The fourth-order valence-corrected chi connectivity index (χ4v) is 0.537. The molecule has 62 valence electrons. The number of amides is 1. The minimum Gasteiger partial charge on any atom is -0.466 e. The van der Waals surface area contributed by atoms with E-state index in [9.17, 15) is 4.79 Å². The van der Waals surface area contributed by atoms with Crippen LogP contribution in [0.3, 0.4) is 0 Å². The minimum absolute atomic E-state index is 0. The molecule has 0 aromatic carbocycles. The largest absolute Gasteiger partial charge is 0.466 e. The summed E-state index contributed by atoms with van der Waals surface area (Å²) in [6.45, 7) is 0.0995. The van der Waals surface area contributed by atoms with Crippen LogP contribution in [0.5, 0.6) is 0 Å². The van der Waals surface area contributed by atoms with Gasteiger partial charge >= 0.3 is 6.09 Å². The molecule has 0 unspecified atom stereocenters. The maximum absolute atomic E-state index is 10.1. The smallest absolute Gasteiger partial charge is 0.404 e. The highest BCUT2D eigenvalue weighted by Crippen LogP contribution is 2.00. The van der Waals surface area contributed by atoms with Crippen molar-refractivity contribution in [1.29, 1.82) is 0 Å². The molecule has 5 heteroatoms. The summed E-state index contributed by atoms with van der Waals surface area (Å²) >= 11 is 0. The zero-order valence-corrected chi connectivity index (χ0v) is 6.47. The molecule has 0 spiro atoms. The molecule has 0 atom stereocenters. The van der Waals surface area contributed by atoms with Crippen molar-refractivity contribution in [1.82, 2.24) is 0 Å². The van der Waals surface area contributed by atoms with Crippen molar-refractivity contribution in [3.63, 3.8) is 0 Å². The van der Waals surface area contributed by atoms with Crippen LogP contribution in [0, 0.1) is 0 Å². The molecule has 4 nitrogen and oxygen atoms in total. The Morgan fingerprint density at radius 1 is 1.73 bits per heavy atom. The third kappa shape index (κ3) is 3.52. The molecule has 0 saturated heterocycles. The van der Waals surface area contributed by atoms with Gasteiger partial charge in [-0.1, -0.05) is 0 Å². The molecule has 1 rings (SSSR count). The average molecular weight is 178 g/mol. The van der Waals surface area contributed by atoms with Crippen molar-refractivity contribution in [2.24, 2.45) is 5.73 Å². The first-order valence-corrected chi connectivity index (χ1v) is 2.73. The molecule has 0 fully saturated rings. The molecule has 1 aromatic heterocycles. The van der Waals surface area contributed by atoms with Crippen molar-refractivity contribution in [2.45, 2.75) is 6.61 Å². The van der Waals surface area contributed by atoms with Gasteiger partial charge < -0.3 is 14.9 Å². The minimum atomic E-state index is -0.795. The Morgan fingerprint density at radius 2 is 2.45 bits per heavy atom. The van der Waals surface area contributed by atoms with Crippen LogP contribution in [0.2, 0.25) is 0 Å². The maximum Gasteiger partial charge on any atom is 0.404 e. The SMILES string of the molecule is Cl.NC(=O)OCc1ccco1. The average Bonchev–Trinajstić information content (AvgIpc) is 2.34. The third-order valence-electron chi connectivity index (χ3n) is 0.937. The molecule has 1 amide bonds. The lowest BCUT2D eigenvalue weighted by Crippen LogP contribution is -2.12. The van der Waals surface area contributed by atoms with Gasteiger partial charge in [0.15, 0.2) is 6.61 Å². The van der Waals surface area contributed by atoms with Crippen LogP contribution in [-0.4, -0.2) is 6.09 Å². The molecule has 11 heavy (non-hydrogen) atoms. The van der Waals surface area contributed by atoms with E-state index in [0.29, 0.717) is 5.76 Å². The van der Waals surface area contributed by atoms with E-state index in [2.05, 4.69) is 4.74 Å². The standard InChI is InChI=1S/C6H7NO3.ClH/c7-6(8)10-4-5-2-1-3-9-5;/h1-3H,4H2,(H2,7,8);1H. The zero-order chi connectivity index (χ0) is 7.40. The van der Waals surface area contributed by atoms with E-state index in [1.807, 2.05) is 0 Å². The molecule has 0 saturated carbocycles. The second kappa shape index (κ2) is 4.62. The van der Waals surface area contributed by atoms with Gasteiger partial charge in [0.25, 0.3) is 0 Å². The monoisotopic (exact) mass is 177 g/mol. The topological polar surface area (TPSA) is 65.5 Å². The number of hydrogen-bond acceptors (Lipinski definition) is 3. The number of nitrogens with two attached hydrogens (primary N) is 1. The molecule has 0 aliphatic heterocycles. The molecule has 0 radical (unpaired) electrons. The lowest BCUT2D eigenvalue weighted by Gasteiger charge is -1.95. The van der Waals surface area contributed by atoms with E-state index in [1.165, 1.54) is 6.26 Å². The van der Waals surface area contributed by atoms with Gasteiger partial charge in [0.1, 0.15) is 5.76 Å². The Labute approximate surface area is 69.7 Å². The van der Waals surface area contributed by atoms with E-state index in [-0.39, 0.29) is 19.0 Å². The van der Waals surface area contributed by atoms with E-state index in [1.54, 1.807) is 12.1 Å². The predicted octanol–water partition coefficient (Wildman–Crippen LogP) is 1.30. The van der Waals surface area contributed by atoms with Gasteiger partial charge in [0, 0.05) is 0 Å². The summed E-state index contributed by atoms with van der Waals surface area (Å²) in [5, 5.41) is 0. The number of carbonyl (C=O) groups excluding carboxylic acids is 1. The molecule has 1 heterocycles. The number of rotatable bonds is 2. The Morgan fingerprint density at radius 3 is 2.91 bits per heavy atom. The first-order chi connectivity index (χ1) is 4.79. The summed E-state index contributed by atoms with van der Waals surface area (Å²) in [4.78, 5) is 10.1. The second-order valence-corrected chi connectivity index (χ2v) is 1.69. The number of primary amides is 1. The summed E-state index contributed by atoms with van der Waals surface area (Å²) < 4.78 is 9.28. The first kappa shape index (κ1) is 9.84. The van der Waals surface area contributed by atoms with Crippen LogP contribution >= 0.6 is 12.4 Å². The van der Waals surface area contributed by atoms with E-state index < -0.39 is 6.09 Å². The van der Waals surface area contributed by atoms with Crippen molar-refractivity contribution in [3.8, 4) is 0 Å². The fourth-order valence-electron chi connectivity index (χ4n) is 0.537. The first-order valence-electron chi connectivity index (χ1n) is 2.73. The number of ether oxygens (including phenoxy) is 1. The number of hydrogen-bond donors (Lipinski definition) is 1. The van der Waals surface area contributed by atoms with Crippen molar-refractivity contribution in [2.75, 3.05) is 0 Å². The van der Waals surface area contributed by atoms with Crippen LogP contribution in [0.4, 0.5) is 4.79 Å². The van der Waals surface area contributed by atoms with Crippen molar-refractivity contribution in [3.05, 3.63) is 24.2 Å². The van der Waals surface area contributed by atoms with Gasteiger partial charge in [-0.15, -0.1) is 12.4 Å². The van der Waals surface area contributed by atoms with E-state index >= 15 is 0 Å². The summed E-state index contributed by atoms with van der Waals surface area (Å²) in [7, 11) is 0. The van der Waals surface area contributed by atoms with Crippen LogP contribution in [-0.2, 0) is 11.3 Å². The number of halogens is 1. The van der Waals surface area contributed by atoms with Crippen molar-refractivity contribution < 1.29 is 13.9 Å². The van der Waals surface area contributed by atoms with E-state index in [4.69, 9.17) is 10.2 Å². The Bertz CT molecular complexity index is 210. The van der Waals surface area contributed by atoms with Crippen LogP contribution in [0.15, 0.2) is 22.8 Å². The highest BCUT2D eigenvalue weighted by Gasteiger charge is 1.97. The Kier molecular flexibility index (Phi) is 4.14.